The summed E-state index contributed by atoms with van der Waals surface area (Å²) in [6.07, 6.45) is 1.79. The molecular weight excluding hydrogens is 264 g/mol. The molecule has 21 heavy (non-hydrogen) atoms. The van der Waals surface area contributed by atoms with E-state index >= 15 is 0 Å². The van der Waals surface area contributed by atoms with Crippen LogP contribution in [0.25, 0.3) is 0 Å². The molecule has 0 heterocycles. The summed E-state index contributed by atoms with van der Waals surface area (Å²) in [6, 6.07) is 9.82. The van der Waals surface area contributed by atoms with E-state index in [0.29, 0.717) is 13.0 Å². The van der Waals surface area contributed by atoms with E-state index in [4.69, 9.17) is 4.74 Å². The minimum absolute atomic E-state index is 0.205. The zero-order valence-electron chi connectivity index (χ0n) is 13.7. The van der Waals surface area contributed by atoms with Gasteiger partial charge in [0.25, 0.3) is 0 Å². The molecule has 0 radical (unpaired) electrons. The van der Waals surface area contributed by atoms with Crippen molar-refractivity contribution in [2.24, 2.45) is 0 Å². The van der Waals surface area contributed by atoms with E-state index in [1.807, 2.05) is 44.3 Å². The molecule has 1 aromatic rings. The average Bonchev–Trinajstić information content (AvgIpc) is 2.50. The Balaban J connectivity index is 3.00. The predicted molar refractivity (Wildman–Crippen MR) is 86.2 cm³/mol. The van der Waals surface area contributed by atoms with E-state index in [1.54, 1.807) is 0 Å². The molecule has 1 atom stereocenters. The van der Waals surface area contributed by atoms with Crippen LogP contribution < -0.4 is 5.32 Å². The summed E-state index contributed by atoms with van der Waals surface area (Å²) < 4.78 is 5.33. The third-order valence-electron chi connectivity index (χ3n) is 3.79. The van der Waals surface area contributed by atoms with Crippen LogP contribution in [0.15, 0.2) is 30.3 Å². The second kappa shape index (κ2) is 8.80. The number of benzene rings is 1. The number of hydrogen-bond acceptors (Lipinski definition) is 4. The number of rotatable bonds is 9. The molecule has 4 heteroatoms. The molecule has 1 N–H and O–H groups in total. The number of nitrogens with one attached hydrogen (secondary N) is 1. The molecule has 0 bridgehead atoms. The fraction of sp³-hybridized carbons (Fsp3) is 0.588. The molecule has 1 aromatic carbocycles. The van der Waals surface area contributed by atoms with E-state index in [0.717, 1.165) is 25.1 Å². The fourth-order valence-corrected chi connectivity index (χ4v) is 2.56. The highest BCUT2D eigenvalue weighted by atomic mass is 16.5. The summed E-state index contributed by atoms with van der Waals surface area (Å²) in [7, 11) is 3.91. The lowest BCUT2D eigenvalue weighted by Gasteiger charge is -2.33. The summed E-state index contributed by atoms with van der Waals surface area (Å²) in [5, 5.41) is 3.21. The van der Waals surface area contributed by atoms with E-state index in [1.165, 1.54) is 0 Å². The number of carbonyl (C=O) groups is 1. The lowest BCUT2D eigenvalue weighted by Crippen LogP contribution is -2.50. The summed E-state index contributed by atoms with van der Waals surface area (Å²) in [5.74, 6) is -0.205. The van der Waals surface area contributed by atoms with Gasteiger partial charge in [-0.1, -0.05) is 37.3 Å². The highest BCUT2D eigenvalue weighted by Gasteiger charge is 2.40. The molecule has 1 rings (SSSR count). The van der Waals surface area contributed by atoms with E-state index in [-0.39, 0.29) is 5.97 Å². The monoisotopic (exact) mass is 292 g/mol. The molecule has 0 spiro atoms. The Labute approximate surface area is 128 Å². The Hall–Kier alpha value is -1.39. The fourth-order valence-electron chi connectivity index (χ4n) is 2.56. The number of ether oxygens (including phenoxy) is 1. The van der Waals surface area contributed by atoms with Gasteiger partial charge in [0.2, 0.25) is 0 Å². The van der Waals surface area contributed by atoms with Gasteiger partial charge in [-0.15, -0.1) is 0 Å². The van der Waals surface area contributed by atoms with Gasteiger partial charge in [-0.05, 0) is 46.0 Å². The lowest BCUT2D eigenvalue weighted by atomic mass is 9.86. The first-order valence-electron chi connectivity index (χ1n) is 7.71. The van der Waals surface area contributed by atoms with Gasteiger partial charge in [0.1, 0.15) is 5.54 Å². The Kier molecular flexibility index (Phi) is 7.40. The third-order valence-corrected chi connectivity index (χ3v) is 3.79. The zero-order chi connectivity index (χ0) is 15.7. The molecule has 0 aromatic heterocycles. The topological polar surface area (TPSA) is 41.6 Å². The Morgan fingerprint density at radius 2 is 1.90 bits per heavy atom. The number of hydrogen-bond donors (Lipinski definition) is 1. The number of esters is 1. The van der Waals surface area contributed by atoms with Gasteiger partial charge in [0.05, 0.1) is 6.61 Å². The quantitative estimate of drug-likeness (QED) is 0.710. The number of carbonyl (C=O) groups excluding carboxylic acids is 1. The van der Waals surface area contributed by atoms with Crippen molar-refractivity contribution >= 4 is 5.97 Å². The van der Waals surface area contributed by atoms with Gasteiger partial charge >= 0.3 is 5.97 Å². The lowest BCUT2D eigenvalue weighted by molar-refractivity contribution is -0.152. The van der Waals surface area contributed by atoms with Crippen molar-refractivity contribution in [1.82, 2.24) is 10.2 Å². The van der Waals surface area contributed by atoms with Gasteiger partial charge in [-0.3, -0.25) is 0 Å². The summed E-state index contributed by atoms with van der Waals surface area (Å²) in [4.78, 5) is 14.8. The standard InChI is InChI=1S/C17H28N2O2/c1-5-13-19(4)14-12-17(18-3,16(20)21-6-2)15-10-8-7-9-11-15/h7-11,18H,5-6,12-14H2,1-4H3. The molecule has 0 aliphatic carbocycles. The Bertz CT molecular complexity index is 422. The van der Waals surface area contributed by atoms with E-state index in [2.05, 4.69) is 24.2 Å². The van der Waals surface area contributed by atoms with Crippen molar-refractivity contribution in [3.63, 3.8) is 0 Å². The maximum Gasteiger partial charge on any atom is 0.331 e. The Morgan fingerprint density at radius 1 is 1.24 bits per heavy atom. The summed E-state index contributed by atoms with van der Waals surface area (Å²) in [6.45, 7) is 6.25. The van der Waals surface area contributed by atoms with Crippen LogP contribution in [0.1, 0.15) is 32.3 Å². The summed E-state index contributed by atoms with van der Waals surface area (Å²) >= 11 is 0. The van der Waals surface area contributed by atoms with Crippen molar-refractivity contribution in [3.8, 4) is 0 Å². The molecule has 0 aliphatic rings. The van der Waals surface area contributed by atoms with Crippen molar-refractivity contribution in [2.75, 3.05) is 33.8 Å². The molecule has 0 fully saturated rings. The Morgan fingerprint density at radius 3 is 2.43 bits per heavy atom. The minimum atomic E-state index is -0.779. The second-order valence-electron chi connectivity index (χ2n) is 5.30. The predicted octanol–water partition coefficient (Wildman–Crippen LogP) is 2.40. The van der Waals surface area contributed by atoms with Crippen LogP contribution in [0.3, 0.4) is 0 Å². The van der Waals surface area contributed by atoms with Crippen LogP contribution in [-0.4, -0.2) is 44.7 Å². The van der Waals surface area contributed by atoms with Crippen LogP contribution in [0.5, 0.6) is 0 Å². The zero-order valence-corrected chi connectivity index (χ0v) is 13.7. The van der Waals surface area contributed by atoms with Gasteiger partial charge in [-0.2, -0.15) is 0 Å². The largest absolute Gasteiger partial charge is 0.464 e. The van der Waals surface area contributed by atoms with Crippen LogP contribution in [0.2, 0.25) is 0 Å². The summed E-state index contributed by atoms with van der Waals surface area (Å²) in [5.41, 5.74) is 0.176. The molecule has 1 unspecified atom stereocenters. The van der Waals surface area contributed by atoms with Gasteiger partial charge in [-0.25, -0.2) is 4.79 Å². The first-order valence-corrected chi connectivity index (χ1v) is 7.71. The molecular formula is C17H28N2O2. The number of nitrogens with zero attached hydrogens (tertiary/aromatic N) is 1. The first kappa shape index (κ1) is 17.7. The van der Waals surface area contributed by atoms with Gasteiger partial charge in [0, 0.05) is 6.54 Å². The van der Waals surface area contributed by atoms with Crippen molar-refractivity contribution < 1.29 is 9.53 Å². The smallest absolute Gasteiger partial charge is 0.331 e. The molecule has 118 valence electrons. The maximum atomic E-state index is 12.6. The van der Waals surface area contributed by atoms with Crippen LogP contribution in [0.4, 0.5) is 0 Å². The second-order valence-corrected chi connectivity index (χ2v) is 5.30. The first-order chi connectivity index (χ1) is 10.1. The van der Waals surface area contributed by atoms with Crippen LogP contribution in [0, 0.1) is 0 Å². The average molecular weight is 292 g/mol. The molecule has 4 nitrogen and oxygen atoms in total. The van der Waals surface area contributed by atoms with E-state index in [9.17, 15) is 4.79 Å². The molecule has 0 aliphatic heterocycles. The van der Waals surface area contributed by atoms with E-state index < -0.39 is 5.54 Å². The highest BCUT2D eigenvalue weighted by Crippen LogP contribution is 2.27. The van der Waals surface area contributed by atoms with Crippen molar-refractivity contribution in [3.05, 3.63) is 35.9 Å². The molecule has 0 saturated carbocycles. The molecule has 0 saturated heterocycles. The van der Waals surface area contributed by atoms with Crippen molar-refractivity contribution in [1.29, 1.82) is 0 Å². The van der Waals surface area contributed by atoms with Crippen LogP contribution >= 0.6 is 0 Å². The minimum Gasteiger partial charge on any atom is -0.464 e. The maximum absolute atomic E-state index is 12.6. The third kappa shape index (κ3) is 4.55. The van der Waals surface area contributed by atoms with Crippen molar-refractivity contribution in [2.45, 2.75) is 32.2 Å². The highest BCUT2D eigenvalue weighted by molar-refractivity contribution is 5.82. The normalized spacial score (nSPS) is 14.0. The molecule has 0 amide bonds. The van der Waals surface area contributed by atoms with Crippen LogP contribution in [-0.2, 0) is 15.1 Å². The number of likely N-dealkylation sites (N-methyl/N-ethyl adjacent to an activating group) is 1. The van der Waals surface area contributed by atoms with Gasteiger partial charge in [0.15, 0.2) is 0 Å². The van der Waals surface area contributed by atoms with Gasteiger partial charge < -0.3 is 15.0 Å². The SMILES string of the molecule is CCCN(C)CCC(NC)(C(=O)OCC)c1ccccc1.